The second-order valence-electron chi connectivity index (χ2n) is 5.79. The van der Waals surface area contributed by atoms with Crippen LogP contribution in [0.4, 0.5) is 5.82 Å². The molecule has 0 spiro atoms. The Bertz CT molecular complexity index is 718. The summed E-state index contributed by atoms with van der Waals surface area (Å²) in [4.78, 5) is 12.4. The second kappa shape index (κ2) is 4.59. The van der Waals surface area contributed by atoms with Gasteiger partial charge in [-0.1, -0.05) is 0 Å². The summed E-state index contributed by atoms with van der Waals surface area (Å²) >= 11 is 0. The molecule has 0 aliphatic carbocycles. The Morgan fingerprint density at radius 3 is 2.82 bits per heavy atom. The van der Waals surface area contributed by atoms with Crippen molar-refractivity contribution in [2.75, 3.05) is 5.73 Å². The summed E-state index contributed by atoms with van der Waals surface area (Å²) < 4.78 is 19.3. The average Bonchev–Trinajstić information content (AvgIpc) is 3.10. The first-order valence-corrected chi connectivity index (χ1v) is 6.92. The van der Waals surface area contributed by atoms with E-state index in [1.165, 1.54) is 6.33 Å². The van der Waals surface area contributed by atoms with Crippen LogP contribution in [0.5, 0.6) is 0 Å². The predicted octanol–water partition coefficient (Wildman–Crippen LogP) is 0.360. The van der Waals surface area contributed by atoms with E-state index >= 15 is 0 Å². The van der Waals surface area contributed by atoms with Crippen LogP contribution in [0.2, 0.25) is 0 Å². The molecule has 2 aromatic heterocycles. The molecule has 4 heterocycles. The molecule has 117 valence electrons. The molecule has 4 atom stereocenters. The van der Waals surface area contributed by atoms with Gasteiger partial charge < -0.3 is 25.1 Å². The average molecular weight is 306 g/mol. The van der Waals surface area contributed by atoms with E-state index in [-0.39, 0.29) is 0 Å². The van der Waals surface area contributed by atoms with Crippen LogP contribution in [0.15, 0.2) is 12.7 Å². The molecule has 0 amide bonds. The quantitative estimate of drug-likeness (QED) is 0.816. The minimum atomic E-state index is -0.747. The second-order valence-corrected chi connectivity index (χ2v) is 5.79. The summed E-state index contributed by atoms with van der Waals surface area (Å²) in [7, 11) is 0. The monoisotopic (exact) mass is 306 g/mol. The molecule has 0 unspecified atom stereocenters. The van der Waals surface area contributed by atoms with Gasteiger partial charge in [-0.15, -0.1) is 0 Å². The van der Waals surface area contributed by atoms with E-state index in [0.717, 1.165) is 6.61 Å². The molecule has 9 heteroatoms. The molecule has 9 nitrogen and oxygen atoms in total. The van der Waals surface area contributed by atoms with E-state index in [1.54, 1.807) is 10.9 Å². The van der Waals surface area contributed by atoms with Gasteiger partial charge in [0.25, 0.3) is 0 Å². The molecular weight excluding hydrogens is 290 g/mol. The summed E-state index contributed by atoms with van der Waals surface area (Å²) in [5, 5.41) is 9.40. The van der Waals surface area contributed by atoms with Crippen LogP contribution in [0.25, 0.3) is 11.2 Å². The highest BCUT2D eigenvalue weighted by molar-refractivity contribution is 5.81. The highest BCUT2D eigenvalue weighted by Crippen LogP contribution is 2.44. The van der Waals surface area contributed by atoms with Gasteiger partial charge >= 0.3 is 0 Å². The van der Waals surface area contributed by atoms with Crippen molar-refractivity contribution in [3.8, 4) is 0 Å². The zero-order valence-electron chi connectivity index (χ0n) is 12.1. The molecule has 0 saturated carbocycles. The van der Waals surface area contributed by atoms with Gasteiger partial charge in [0.2, 0.25) is 0 Å². The minimum Gasteiger partial charge on any atom is -0.387 e. The molecule has 2 saturated heterocycles. The van der Waals surface area contributed by atoms with Crippen molar-refractivity contribution in [2.45, 2.75) is 44.2 Å². The Balaban J connectivity index is 1.77. The molecule has 2 aliphatic heterocycles. The first kappa shape index (κ1) is 13.8. The number of aromatic nitrogens is 4. The number of nitrogens with two attached hydrogens (primary N) is 1. The molecule has 0 aromatic carbocycles. The zero-order valence-corrected chi connectivity index (χ0v) is 12.1. The highest BCUT2D eigenvalue weighted by Gasteiger charge is 2.56. The van der Waals surface area contributed by atoms with Crippen LogP contribution < -0.4 is 5.73 Å². The molecule has 1 radical (unpaired) electrons. The predicted molar refractivity (Wildman–Crippen MR) is 73.7 cm³/mol. The molecule has 3 N–H and O–H groups in total. The van der Waals surface area contributed by atoms with E-state index in [2.05, 4.69) is 15.0 Å². The van der Waals surface area contributed by atoms with Crippen LogP contribution in [0, 0.1) is 6.61 Å². The van der Waals surface area contributed by atoms with E-state index in [0.29, 0.717) is 17.0 Å². The van der Waals surface area contributed by atoms with Gasteiger partial charge in [-0.25, -0.2) is 15.0 Å². The van der Waals surface area contributed by atoms with Crippen LogP contribution in [0.3, 0.4) is 0 Å². The van der Waals surface area contributed by atoms with Crippen LogP contribution in [-0.4, -0.2) is 48.7 Å². The molecule has 2 aliphatic rings. The van der Waals surface area contributed by atoms with Crippen molar-refractivity contribution in [1.82, 2.24) is 19.5 Å². The maximum Gasteiger partial charge on any atom is 0.167 e. The first-order chi connectivity index (χ1) is 10.5. The number of aliphatic hydroxyl groups is 1. The first-order valence-electron chi connectivity index (χ1n) is 6.92. The number of hydrogen-bond acceptors (Lipinski definition) is 8. The number of nitrogens with zero attached hydrogens (tertiary/aromatic N) is 4. The van der Waals surface area contributed by atoms with Crippen LogP contribution in [0.1, 0.15) is 20.1 Å². The summed E-state index contributed by atoms with van der Waals surface area (Å²) in [6.45, 7) is 4.62. The zero-order chi connectivity index (χ0) is 15.5. The molecule has 4 rings (SSSR count). The highest BCUT2D eigenvalue weighted by atomic mass is 16.8. The maximum atomic E-state index is 9.40. The fourth-order valence-electron chi connectivity index (χ4n) is 3.01. The fraction of sp³-hybridized carbons (Fsp3) is 0.538. The van der Waals surface area contributed by atoms with Crippen molar-refractivity contribution in [2.24, 2.45) is 0 Å². The lowest BCUT2D eigenvalue weighted by Crippen LogP contribution is -2.29. The largest absolute Gasteiger partial charge is 0.387 e. The third kappa shape index (κ3) is 1.90. The number of aliphatic hydroxyl groups excluding tert-OH is 1. The topological polar surface area (TPSA) is 118 Å². The van der Waals surface area contributed by atoms with Gasteiger partial charge in [-0.2, -0.15) is 0 Å². The standard InChI is InChI=1S/C13H16N5O4/c1-13(2)21-8-6(3-19)20-12(9(8)22-13)18-5-17-7-10(14)15-4-16-11(7)18/h3-6,8-9,12,19H,1-2H3,(H2,14,15,16)/t6-,8-,9-,12-/m1/s1. The third-order valence-corrected chi connectivity index (χ3v) is 3.87. The minimum absolute atomic E-state index is 0.299. The lowest BCUT2D eigenvalue weighted by atomic mass is 10.1. The van der Waals surface area contributed by atoms with Crippen LogP contribution >= 0.6 is 0 Å². The molecule has 2 aromatic rings. The Morgan fingerprint density at radius 1 is 1.27 bits per heavy atom. The van der Waals surface area contributed by atoms with Gasteiger partial charge in [0.15, 0.2) is 23.5 Å². The lowest BCUT2D eigenvalue weighted by molar-refractivity contribution is -0.195. The van der Waals surface area contributed by atoms with Gasteiger partial charge in [0, 0.05) is 0 Å². The van der Waals surface area contributed by atoms with E-state index in [1.807, 2.05) is 13.8 Å². The number of ether oxygens (including phenoxy) is 3. The Kier molecular flexibility index (Phi) is 2.89. The van der Waals surface area contributed by atoms with E-state index in [9.17, 15) is 5.11 Å². The summed E-state index contributed by atoms with van der Waals surface area (Å²) in [6.07, 6.45) is 1.03. The lowest BCUT2D eigenvalue weighted by Gasteiger charge is -2.24. The summed E-state index contributed by atoms with van der Waals surface area (Å²) in [6, 6.07) is 0. The van der Waals surface area contributed by atoms with Gasteiger partial charge in [0.1, 0.15) is 36.8 Å². The molecule has 0 bridgehead atoms. The Hall–Kier alpha value is -1.81. The summed E-state index contributed by atoms with van der Waals surface area (Å²) in [5.74, 6) is -0.448. The SMILES string of the molecule is CC1(C)O[C@@H]2[C@H](O1)[C@@H]([CH]O)O[C@H]2n1cnc2c(N)ncnc21. The number of rotatable bonds is 2. The number of hydrogen-bond donors (Lipinski definition) is 2. The van der Waals surface area contributed by atoms with E-state index in [4.69, 9.17) is 19.9 Å². The normalized spacial score (nSPS) is 33.4. The number of nitrogen functional groups attached to an aromatic ring is 1. The van der Waals surface area contributed by atoms with Crippen molar-refractivity contribution >= 4 is 17.0 Å². The van der Waals surface area contributed by atoms with Gasteiger partial charge in [0.05, 0.1) is 6.33 Å². The molecular formula is C13H16N5O4. The van der Waals surface area contributed by atoms with Crippen molar-refractivity contribution in [1.29, 1.82) is 0 Å². The Labute approximate surface area is 126 Å². The van der Waals surface area contributed by atoms with Gasteiger partial charge in [-0.05, 0) is 13.8 Å². The summed E-state index contributed by atoms with van der Waals surface area (Å²) in [5.41, 5.74) is 6.84. The number of anilines is 1. The maximum absolute atomic E-state index is 9.40. The van der Waals surface area contributed by atoms with E-state index < -0.39 is 30.3 Å². The van der Waals surface area contributed by atoms with Gasteiger partial charge in [-0.3, -0.25) is 4.57 Å². The van der Waals surface area contributed by atoms with Crippen LogP contribution in [-0.2, 0) is 14.2 Å². The number of imidazole rings is 1. The van der Waals surface area contributed by atoms with Crippen molar-refractivity contribution < 1.29 is 19.3 Å². The number of fused-ring (bicyclic) bond motifs is 2. The third-order valence-electron chi connectivity index (χ3n) is 3.87. The fourth-order valence-corrected chi connectivity index (χ4v) is 3.01. The molecule has 2 fully saturated rings. The van der Waals surface area contributed by atoms with Crippen molar-refractivity contribution in [3.05, 3.63) is 19.3 Å². The Morgan fingerprint density at radius 2 is 2.05 bits per heavy atom. The molecule has 22 heavy (non-hydrogen) atoms. The smallest absolute Gasteiger partial charge is 0.167 e. The van der Waals surface area contributed by atoms with Crippen molar-refractivity contribution in [3.63, 3.8) is 0 Å².